The van der Waals surface area contributed by atoms with Gasteiger partial charge in [-0.1, -0.05) is 6.07 Å². The molecule has 2 aliphatic rings. The summed E-state index contributed by atoms with van der Waals surface area (Å²) in [5.74, 6) is 0.181. The maximum Gasteiger partial charge on any atom is 0.303 e. The van der Waals surface area contributed by atoms with Gasteiger partial charge >= 0.3 is 5.97 Å². The van der Waals surface area contributed by atoms with Crippen LogP contribution >= 0.6 is 0 Å². The Bertz CT molecular complexity index is 477. The summed E-state index contributed by atoms with van der Waals surface area (Å²) in [6.45, 7) is 1.45. The van der Waals surface area contributed by atoms with Crippen molar-refractivity contribution in [1.29, 1.82) is 0 Å². The van der Waals surface area contributed by atoms with Crippen LogP contribution in [0.25, 0.3) is 0 Å². The van der Waals surface area contributed by atoms with Crippen molar-refractivity contribution in [1.82, 2.24) is 0 Å². The average Bonchev–Trinajstić information content (AvgIpc) is 2.74. The molecule has 4 heteroatoms. The van der Waals surface area contributed by atoms with Gasteiger partial charge < -0.3 is 14.6 Å². The highest BCUT2D eigenvalue weighted by Crippen LogP contribution is 2.43. The summed E-state index contributed by atoms with van der Waals surface area (Å²) in [4.78, 5) is 10.7. The van der Waals surface area contributed by atoms with Crippen LogP contribution in [0.4, 0.5) is 0 Å². The molecule has 2 aliphatic heterocycles. The van der Waals surface area contributed by atoms with Gasteiger partial charge in [-0.2, -0.15) is 0 Å². The second-order valence-corrected chi connectivity index (χ2v) is 4.91. The van der Waals surface area contributed by atoms with Gasteiger partial charge in [-0.3, -0.25) is 4.79 Å². The van der Waals surface area contributed by atoms with Gasteiger partial charge in [0.15, 0.2) is 0 Å². The second kappa shape index (κ2) is 4.28. The fraction of sp³-hybridized carbons (Fsp3) is 0.500. The highest BCUT2D eigenvalue weighted by molar-refractivity contribution is 5.66. The van der Waals surface area contributed by atoms with E-state index in [1.165, 1.54) is 5.56 Å². The molecule has 3 rings (SSSR count). The van der Waals surface area contributed by atoms with E-state index in [0.717, 1.165) is 30.8 Å². The molecule has 1 atom stereocenters. The average molecular weight is 248 g/mol. The Morgan fingerprint density at radius 2 is 2.22 bits per heavy atom. The Morgan fingerprint density at radius 1 is 1.39 bits per heavy atom. The third-order valence-corrected chi connectivity index (χ3v) is 3.84. The molecule has 2 heterocycles. The number of hydrogen-bond donors (Lipinski definition) is 1. The standard InChI is InChI=1S/C14H16O4/c15-13(16)3-5-14(6-8-18-14)11-1-2-12-10(9-11)4-7-17-12/h1-2,9H,3-8H2,(H,15,16). The van der Waals surface area contributed by atoms with Crippen molar-refractivity contribution in [2.24, 2.45) is 0 Å². The molecule has 0 spiro atoms. The molecule has 18 heavy (non-hydrogen) atoms. The molecule has 1 aromatic carbocycles. The van der Waals surface area contributed by atoms with Crippen molar-refractivity contribution < 1.29 is 19.4 Å². The van der Waals surface area contributed by atoms with Crippen LogP contribution in [0.15, 0.2) is 18.2 Å². The second-order valence-electron chi connectivity index (χ2n) is 4.91. The molecule has 0 amide bonds. The van der Waals surface area contributed by atoms with E-state index in [1.807, 2.05) is 12.1 Å². The predicted molar refractivity (Wildman–Crippen MR) is 64.8 cm³/mol. The molecule has 0 saturated carbocycles. The van der Waals surface area contributed by atoms with Crippen LogP contribution < -0.4 is 4.74 Å². The lowest BCUT2D eigenvalue weighted by atomic mass is 9.81. The van der Waals surface area contributed by atoms with Gasteiger partial charge in [-0.25, -0.2) is 0 Å². The van der Waals surface area contributed by atoms with Crippen LogP contribution in [-0.4, -0.2) is 24.3 Å². The van der Waals surface area contributed by atoms with E-state index in [2.05, 4.69) is 6.07 Å². The molecule has 0 radical (unpaired) electrons. The molecular weight excluding hydrogens is 232 g/mol. The van der Waals surface area contributed by atoms with Gasteiger partial charge in [-0.05, 0) is 29.7 Å². The van der Waals surface area contributed by atoms with Crippen molar-refractivity contribution in [3.05, 3.63) is 29.3 Å². The summed E-state index contributed by atoms with van der Waals surface area (Å²) in [6.07, 6.45) is 2.52. The molecule has 1 saturated heterocycles. The van der Waals surface area contributed by atoms with E-state index in [0.29, 0.717) is 13.0 Å². The van der Waals surface area contributed by atoms with Crippen molar-refractivity contribution >= 4 is 5.97 Å². The van der Waals surface area contributed by atoms with E-state index < -0.39 is 5.97 Å². The zero-order valence-corrected chi connectivity index (χ0v) is 10.1. The summed E-state index contributed by atoms with van der Waals surface area (Å²) in [6, 6.07) is 6.09. The third-order valence-electron chi connectivity index (χ3n) is 3.84. The number of hydrogen-bond acceptors (Lipinski definition) is 3. The molecular formula is C14H16O4. The monoisotopic (exact) mass is 248 g/mol. The van der Waals surface area contributed by atoms with Crippen LogP contribution in [0.5, 0.6) is 5.75 Å². The third kappa shape index (κ3) is 1.86. The van der Waals surface area contributed by atoms with E-state index in [4.69, 9.17) is 14.6 Å². The van der Waals surface area contributed by atoms with Crippen molar-refractivity contribution in [3.63, 3.8) is 0 Å². The van der Waals surface area contributed by atoms with Gasteiger partial charge in [0.2, 0.25) is 0 Å². The smallest absolute Gasteiger partial charge is 0.303 e. The molecule has 1 fully saturated rings. The number of benzene rings is 1. The van der Waals surface area contributed by atoms with Crippen LogP contribution in [0.1, 0.15) is 30.4 Å². The lowest BCUT2D eigenvalue weighted by molar-refractivity contribution is -0.165. The maximum absolute atomic E-state index is 10.7. The predicted octanol–water partition coefficient (Wildman–Crippen LogP) is 2.10. The lowest BCUT2D eigenvalue weighted by Gasteiger charge is -2.42. The molecule has 96 valence electrons. The number of aliphatic carboxylic acids is 1. The van der Waals surface area contributed by atoms with Gasteiger partial charge in [0.1, 0.15) is 5.75 Å². The maximum atomic E-state index is 10.7. The number of carbonyl (C=O) groups is 1. The molecule has 0 aromatic heterocycles. The molecule has 0 bridgehead atoms. The first-order valence-electron chi connectivity index (χ1n) is 6.32. The van der Waals surface area contributed by atoms with Gasteiger partial charge in [-0.15, -0.1) is 0 Å². The highest BCUT2D eigenvalue weighted by atomic mass is 16.5. The van der Waals surface area contributed by atoms with Crippen LogP contribution in [0.2, 0.25) is 0 Å². The Hall–Kier alpha value is -1.55. The van der Waals surface area contributed by atoms with E-state index in [9.17, 15) is 4.79 Å². The minimum atomic E-state index is -0.769. The first-order chi connectivity index (χ1) is 8.70. The highest BCUT2D eigenvalue weighted by Gasteiger charge is 2.40. The minimum Gasteiger partial charge on any atom is -0.493 e. The van der Waals surface area contributed by atoms with Crippen LogP contribution in [0.3, 0.4) is 0 Å². The number of rotatable bonds is 4. The summed E-state index contributed by atoms with van der Waals surface area (Å²) in [5.41, 5.74) is 1.92. The lowest BCUT2D eigenvalue weighted by Crippen LogP contribution is -2.41. The van der Waals surface area contributed by atoms with Crippen LogP contribution in [0, 0.1) is 0 Å². The summed E-state index contributed by atoms with van der Waals surface area (Å²) < 4.78 is 11.2. The molecule has 1 unspecified atom stereocenters. The van der Waals surface area contributed by atoms with Gasteiger partial charge in [0.25, 0.3) is 0 Å². The minimum absolute atomic E-state index is 0.146. The molecule has 0 aliphatic carbocycles. The summed E-state index contributed by atoms with van der Waals surface area (Å²) in [5, 5.41) is 8.82. The fourth-order valence-corrected chi connectivity index (χ4v) is 2.70. The number of carboxylic acids is 1. The number of carboxylic acid groups (broad SMARTS) is 1. The zero-order chi connectivity index (χ0) is 12.6. The topological polar surface area (TPSA) is 55.8 Å². The van der Waals surface area contributed by atoms with E-state index in [1.54, 1.807) is 0 Å². The van der Waals surface area contributed by atoms with Crippen molar-refractivity contribution in [2.45, 2.75) is 31.3 Å². The first-order valence-corrected chi connectivity index (χ1v) is 6.32. The molecule has 4 nitrogen and oxygen atoms in total. The summed E-state index contributed by atoms with van der Waals surface area (Å²) in [7, 11) is 0. The molecule has 1 aromatic rings. The quantitative estimate of drug-likeness (QED) is 0.886. The summed E-state index contributed by atoms with van der Waals surface area (Å²) >= 11 is 0. The van der Waals surface area contributed by atoms with E-state index >= 15 is 0 Å². The Morgan fingerprint density at radius 3 is 2.89 bits per heavy atom. The zero-order valence-electron chi connectivity index (χ0n) is 10.1. The van der Waals surface area contributed by atoms with Crippen molar-refractivity contribution in [3.8, 4) is 5.75 Å². The Kier molecular flexibility index (Phi) is 2.74. The van der Waals surface area contributed by atoms with Crippen molar-refractivity contribution in [2.75, 3.05) is 13.2 Å². The fourth-order valence-electron chi connectivity index (χ4n) is 2.70. The van der Waals surface area contributed by atoms with Gasteiger partial charge in [0.05, 0.1) is 18.8 Å². The SMILES string of the molecule is O=C(O)CCC1(c2ccc3c(c2)CCO3)CCO1. The largest absolute Gasteiger partial charge is 0.493 e. The Balaban J connectivity index is 1.85. The van der Waals surface area contributed by atoms with E-state index in [-0.39, 0.29) is 12.0 Å². The Labute approximate surface area is 106 Å². The molecule has 1 N–H and O–H groups in total. The van der Waals surface area contributed by atoms with Crippen LogP contribution in [-0.2, 0) is 21.6 Å². The number of ether oxygens (including phenoxy) is 2. The number of fused-ring (bicyclic) bond motifs is 1. The first kappa shape index (κ1) is 11.5. The van der Waals surface area contributed by atoms with Gasteiger partial charge in [0, 0.05) is 19.3 Å². The normalized spacial score (nSPS) is 25.1.